The molecular weight excluding hydrogens is 361 g/mol. The summed E-state index contributed by atoms with van der Waals surface area (Å²) in [5.41, 5.74) is -0.138. The van der Waals surface area contributed by atoms with Gasteiger partial charge < -0.3 is 9.72 Å². The van der Waals surface area contributed by atoms with Crippen LogP contribution in [0.2, 0.25) is 0 Å². The molecule has 3 aromatic rings. The fourth-order valence-electron chi connectivity index (χ4n) is 3.27. The van der Waals surface area contributed by atoms with Crippen LogP contribution in [0.25, 0.3) is 5.82 Å². The SMILES string of the molecule is Cc1nc(-n2cc([C@]3(C)OCc4cc(C(F)(F)F)ccc43)cn2)cc(=O)[nH]1. The molecule has 140 valence electrons. The average molecular weight is 376 g/mol. The molecule has 2 aromatic heterocycles. The Morgan fingerprint density at radius 1 is 1.30 bits per heavy atom. The molecule has 0 radical (unpaired) electrons. The van der Waals surface area contributed by atoms with Gasteiger partial charge in [0.2, 0.25) is 0 Å². The number of nitrogens with one attached hydrogen (secondary N) is 1. The van der Waals surface area contributed by atoms with E-state index in [0.29, 0.717) is 28.3 Å². The molecule has 3 heterocycles. The van der Waals surface area contributed by atoms with Crippen molar-refractivity contribution in [3.63, 3.8) is 0 Å². The fourth-order valence-corrected chi connectivity index (χ4v) is 3.27. The highest BCUT2D eigenvalue weighted by Crippen LogP contribution is 2.43. The first kappa shape index (κ1) is 17.5. The molecule has 1 aliphatic heterocycles. The quantitative estimate of drug-likeness (QED) is 0.746. The van der Waals surface area contributed by atoms with E-state index in [1.54, 1.807) is 26.2 Å². The summed E-state index contributed by atoms with van der Waals surface area (Å²) in [7, 11) is 0. The molecule has 0 saturated carbocycles. The molecule has 0 amide bonds. The summed E-state index contributed by atoms with van der Waals surface area (Å²) in [6.07, 6.45) is -1.18. The minimum Gasteiger partial charge on any atom is -0.361 e. The number of nitrogens with zero attached hydrogens (tertiary/aromatic N) is 3. The van der Waals surface area contributed by atoms with Gasteiger partial charge in [-0.15, -0.1) is 0 Å². The van der Waals surface area contributed by atoms with Gasteiger partial charge in [-0.3, -0.25) is 4.79 Å². The van der Waals surface area contributed by atoms with Crippen molar-refractivity contribution in [3.8, 4) is 5.82 Å². The van der Waals surface area contributed by atoms with Crippen LogP contribution in [0.4, 0.5) is 13.2 Å². The maximum absolute atomic E-state index is 12.9. The standard InChI is InChI=1S/C18H15F3N4O2/c1-10-23-15(6-16(26)24-10)25-8-13(7-22-25)17(2)14-4-3-12(18(19,20)21)5-11(14)9-27-17/h3-8H,9H2,1-2H3,(H,23,24,26)/t17-/m0/s1. The molecule has 1 N–H and O–H groups in total. The zero-order chi connectivity index (χ0) is 19.4. The molecule has 1 aliphatic rings. The monoisotopic (exact) mass is 376 g/mol. The lowest BCUT2D eigenvalue weighted by atomic mass is 9.88. The fraction of sp³-hybridized carbons (Fsp3) is 0.278. The zero-order valence-corrected chi connectivity index (χ0v) is 14.5. The van der Waals surface area contributed by atoms with Crippen LogP contribution in [0.3, 0.4) is 0 Å². The third kappa shape index (κ3) is 2.93. The van der Waals surface area contributed by atoms with E-state index in [2.05, 4.69) is 15.1 Å². The normalized spacial score (nSPS) is 19.3. The van der Waals surface area contributed by atoms with E-state index in [9.17, 15) is 18.0 Å². The number of hydrogen-bond acceptors (Lipinski definition) is 4. The lowest BCUT2D eigenvalue weighted by Gasteiger charge is -2.23. The predicted octanol–water partition coefficient (Wildman–Crippen LogP) is 3.08. The van der Waals surface area contributed by atoms with Gasteiger partial charge in [0, 0.05) is 17.8 Å². The van der Waals surface area contributed by atoms with E-state index in [-0.39, 0.29) is 12.2 Å². The van der Waals surface area contributed by atoms with E-state index in [4.69, 9.17) is 4.74 Å². The highest BCUT2D eigenvalue weighted by Gasteiger charge is 2.40. The Kier molecular flexibility index (Phi) is 3.74. The third-order valence-electron chi connectivity index (χ3n) is 4.68. The summed E-state index contributed by atoms with van der Waals surface area (Å²) in [5.74, 6) is 0.791. The molecule has 27 heavy (non-hydrogen) atoms. The Labute approximate surface area is 151 Å². The molecule has 0 saturated heterocycles. The molecule has 4 rings (SSSR count). The van der Waals surface area contributed by atoms with Crippen LogP contribution >= 0.6 is 0 Å². The minimum absolute atomic E-state index is 0.0727. The number of alkyl halides is 3. The second-order valence-corrected chi connectivity index (χ2v) is 6.55. The van der Waals surface area contributed by atoms with Gasteiger partial charge in [-0.2, -0.15) is 18.3 Å². The van der Waals surface area contributed by atoms with Gasteiger partial charge in [0.1, 0.15) is 11.4 Å². The van der Waals surface area contributed by atoms with Gasteiger partial charge in [-0.05, 0) is 37.1 Å². The number of benzene rings is 1. The number of rotatable bonds is 2. The molecule has 6 nitrogen and oxygen atoms in total. The summed E-state index contributed by atoms with van der Waals surface area (Å²) < 4.78 is 46.1. The van der Waals surface area contributed by atoms with E-state index >= 15 is 0 Å². The first-order valence-electron chi connectivity index (χ1n) is 8.15. The van der Waals surface area contributed by atoms with E-state index in [1.807, 2.05) is 0 Å². The Morgan fingerprint density at radius 2 is 2.07 bits per heavy atom. The topological polar surface area (TPSA) is 72.8 Å². The van der Waals surface area contributed by atoms with E-state index < -0.39 is 17.3 Å². The van der Waals surface area contributed by atoms with Crippen molar-refractivity contribution in [2.24, 2.45) is 0 Å². The minimum atomic E-state index is -4.40. The summed E-state index contributed by atoms with van der Waals surface area (Å²) in [6.45, 7) is 3.51. The Hall–Kier alpha value is -2.94. The van der Waals surface area contributed by atoms with Crippen LogP contribution in [-0.2, 0) is 23.1 Å². The van der Waals surface area contributed by atoms with Crippen molar-refractivity contribution in [2.45, 2.75) is 32.2 Å². The van der Waals surface area contributed by atoms with Crippen LogP contribution in [0, 0.1) is 6.92 Å². The lowest BCUT2D eigenvalue weighted by molar-refractivity contribution is -0.137. The smallest absolute Gasteiger partial charge is 0.361 e. The van der Waals surface area contributed by atoms with Crippen molar-refractivity contribution >= 4 is 0 Å². The van der Waals surface area contributed by atoms with Crippen LogP contribution in [0.1, 0.15) is 35.0 Å². The van der Waals surface area contributed by atoms with E-state index in [1.165, 1.54) is 16.8 Å². The van der Waals surface area contributed by atoms with Crippen molar-refractivity contribution in [1.82, 2.24) is 19.7 Å². The molecule has 1 atom stereocenters. The van der Waals surface area contributed by atoms with E-state index in [0.717, 1.165) is 12.1 Å². The maximum Gasteiger partial charge on any atom is 0.416 e. The van der Waals surface area contributed by atoms with Gasteiger partial charge in [0.15, 0.2) is 5.82 Å². The predicted molar refractivity (Wildman–Crippen MR) is 89.4 cm³/mol. The molecule has 0 aliphatic carbocycles. The number of hydrogen-bond donors (Lipinski definition) is 1. The number of ether oxygens (including phenoxy) is 1. The van der Waals surface area contributed by atoms with Crippen molar-refractivity contribution in [3.05, 3.63) is 75.1 Å². The molecule has 0 spiro atoms. The van der Waals surface area contributed by atoms with Crippen LogP contribution in [0.5, 0.6) is 0 Å². The maximum atomic E-state index is 12.9. The largest absolute Gasteiger partial charge is 0.416 e. The molecular formula is C18H15F3N4O2. The number of fused-ring (bicyclic) bond motifs is 1. The molecule has 0 bridgehead atoms. The van der Waals surface area contributed by atoms with Crippen molar-refractivity contribution in [2.75, 3.05) is 0 Å². The highest BCUT2D eigenvalue weighted by atomic mass is 19.4. The summed E-state index contributed by atoms with van der Waals surface area (Å²) in [5, 5.41) is 4.23. The van der Waals surface area contributed by atoms with Gasteiger partial charge in [0.25, 0.3) is 5.56 Å². The third-order valence-corrected chi connectivity index (χ3v) is 4.68. The van der Waals surface area contributed by atoms with Crippen molar-refractivity contribution < 1.29 is 17.9 Å². The van der Waals surface area contributed by atoms with Crippen LogP contribution in [-0.4, -0.2) is 19.7 Å². The zero-order valence-electron chi connectivity index (χ0n) is 14.5. The number of H-pyrrole nitrogens is 1. The Morgan fingerprint density at radius 3 is 2.78 bits per heavy atom. The van der Waals surface area contributed by atoms with Gasteiger partial charge >= 0.3 is 6.18 Å². The number of aromatic nitrogens is 4. The van der Waals surface area contributed by atoms with Gasteiger partial charge in [-0.1, -0.05) is 6.07 Å². The van der Waals surface area contributed by atoms with Crippen molar-refractivity contribution in [1.29, 1.82) is 0 Å². The highest BCUT2D eigenvalue weighted by molar-refractivity contribution is 5.45. The number of aromatic amines is 1. The van der Waals surface area contributed by atoms with Gasteiger partial charge in [-0.25, -0.2) is 9.67 Å². The first-order chi connectivity index (χ1) is 12.7. The average Bonchev–Trinajstić information content (AvgIpc) is 3.19. The second-order valence-electron chi connectivity index (χ2n) is 6.55. The summed E-state index contributed by atoms with van der Waals surface area (Å²) >= 11 is 0. The molecule has 0 fully saturated rings. The number of halogens is 3. The van der Waals surface area contributed by atoms with Crippen LogP contribution in [0.15, 0.2) is 41.5 Å². The van der Waals surface area contributed by atoms with Crippen LogP contribution < -0.4 is 5.56 Å². The first-order valence-corrected chi connectivity index (χ1v) is 8.15. The lowest BCUT2D eigenvalue weighted by Crippen LogP contribution is -2.22. The Bertz CT molecular complexity index is 1090. The Balaban J connectivity index is 1.74. The number of aryl methyl sites for hydroxylation is 1. The molecule has 9 heteroatoms. The summed E-state index contributed by atoms with van der Waals surface area (Å²) in [6, 6.07) is 4.92. The summed E-state index contributed by atoms with van der Waals surface area (Å²) in [4.78, 5) is 18.4. The molecule has 1 aromatic carbocycles. The van der Waals surface area contributed by atoms with Gasteiger partial charge in [0.05, 0.1) is 18.4 Å². The second kappa shape index (κ2) is 5.78. The molecule has 0 unspecified atom stereocenters.